The summed E-state index contributed by atoms with van der Waals surface area (Å²) in [5, 5.41) is 6.12. The van der Waals surface area contributed by atoms with Crippen LogP contribution in [0.2, 0.25) is 0 Å². The van der Waals surface area contributed by atoms with E-state index in [1.165, 1.54) is 12.1 Å². The summed E-state index contributed by atoms with van der Waals surface area (Å²) in [5.74, 6) is -0.00746. The second-order valence-corrected chi connectivity index (χ2v) is 6.42. The first-order valence-corrected chi connectivity index (χ1v) is 8.53. The lowest BCUT2D eigenvalue weighted by atomic mass is 9.99. The van der Waals surface area contributed by atoms with Crippen LogP contribution in [-0.2, 0) is 17.5 Å². The third kappa shape index (κ3) is 4.60. The Morgan fingerprint density at radius 2 is 1.96 bits per heavy atom. The van der Waals surface area contributed by atoms with Crippen LogP contribution in [0.3, 0.4) is 0 Å². The number of nitrogens with zero attached hydrogens (tertiary/aromatic N) is 1. The molecule has 138 valence electrons. The summed E-state index contributed by atoms with van der Waals surface area (Å²) in [6.45, 7) is 1.98. The number of carbonyl (C=O) groups excluding carboxylic acids is 1. The van der Waals surface area contributed by atoms with E-state index in [1.54, 1.807) is 12.4 Å². The zero-order valence-electron chi connectivity index (χ0n) is 14.1. The lowest BCUT2D eigenvalue weighted by molar-refractivity contribution is -0.137. The predicted molar refractivity (Wildman–Crippen MR) is 92.1 cm³/mol. The molecular weight excluding hydrogens is 343 g/mol. The SMILES string of the molecule is O=C(NCc1cncc(-c2ccc(C(F)(F)F)cc2)c1)[C@H]1CCCNC1. The fourth-order valence-corrected chi connectivity index (χ4v) is 3.00. The van der Waals surface area contributed by atoms with Gasteiger partial charge in [-0.1, -0.05) is 12.1 Å². The van der Waals surface area contributed by atoms with Crippen molar-refractivity contribution in [2.24, 2.45) is 5.92 Å². The molecule has 3 rings (SSSR count). The minimum atomic E-state index is -4.35. The first-order chi connectivity index (χ1) is 12.4. The summed E-state index contributed by atoms with van der Waals surface area (Å²) in [6.07, 6.45) is 0.758. The summed E-state index contributed by atoms with van der Waals surface area (Å²) < 4.78 is 38.0. The molecule has 1 aromatic heterocycles. The summed E-state index contributed by atoms with van der Waals surface area (Å²) in [6, 6.07) is 6.79. The van der Waals surface area contributed by atoms with Crippen molar-refractivity contribution in [1.82, 2.24) is 15.6 Å². The first kappa shape index (κ1) is 18.4. The number of nitrogens with one attached hydrogen (secondary N) is 2. The molecule has 0 saturated carbocycles. The molecule has 1 atom stereocenters. The largest absolute Gasteiger partial charge is 0.416 e. The van der Waals surface area contributed by atoms with E-state index in [0.717, 1.165) is 37.1 Å². The Morgan fingerprint density at radius 3 is 2.62 bits per heavy atom. The minimum Gasteiger partial charge on any atom is -0.352 e. The molecule has 2 aromatic rings. The molecule has 7 heteroatoms. The van der Waals surface area contributed by atoms with Crippen LogP contribution in [0.1, 0.15) is 24.0 Å². The smallest absolute Gasteiger partial charge is 0.352 e. The van der Waals surface area contributed by atoms with E-state index in [2.05, 4.69) is 15.6 Å². The Kier molecular flexibility index (Phi) is 5.56. The van der Waals surface area contributed by atoms with Crippen LogP contribution < -0.4 is 10.6 Å². The molecular formula is C19H20F3N3O. The summed E-state index contributed by atoms with van der Waals surface area (Å²) in [5.41, 5.74) is 1.48. The maximum absolute atomic E-state index is 12.7. The van der Waals surface area contributed by atoms with Crippen LogP contribution >= 0.6 is 0 Å². The number of rotatable bonds is 4. The number of benzene rings is 1. The van der Waals surface area contributed by atoms with Gasteiger partial charge in [0.25, 0.3) is 0 Å². The highest BCUT2D eigenvalue weighted by Gasteiger charge is 2.30. The average Bonchev–Trinajstić information content (AvgIpc) is 2.66. The Bertz CT molecular complexity index is 753. The summed E-state index contributed by atoms with van der Waals surface area (Å²) >= 11 is 0. The molecule has 1 amide bonds. The lowest BCUT2D eigenvalue weighted by Gasteiger charge is -2.21. The van der Waals surface area contributed by atoms with Crippen molar-refractivity contribution < 1.29 is 18.0 Å². The van der Waals surface area contributed by atoms with Crippen molar-refractivity contribution in [3.8, 4) is 11.1 Å². The molecule has 1 fully saturated rings. The molecule has 0 radical (unpaired) electrons. The number of halogens is 3. The molecule has 0 spiro atoms. The average molecular weight is 363 g/mol. The molecule has 1 aliphatic rings. The number of carbonyl (C=O) groups is 1. The number of pyridine rings is 1. The van der Waals surface area contributed by atoms with Crippen LogP contribution in [0.25, 0.3) is 11.1 Å². The van der Waals surface area contributed by atoms with Crippen molar-refractivity contribution in [3.05, 3.63) is 53.9 Å². The Hall–Kier alpha value is -2.41. The van der Waals surface area contributed by atoms with Gasteiger partial charge in [0.1, 0.15) is 0 Å². The Labute approximate surface area is 149 Å². The van der Waals surface area contributed by atoms with E-state index in [9.17, 15) is 18.0 Å². The molecule has 0 bridgehead atoms. The van der Waals surface area contributed by atoms with Crippen LogP contribution in [-0.4, -0.2) is 24.0 Å². The van der Waals surface area contributed by atoms with Crippen LogP contribution in [0.15, 0.2) is 42.7 Å². The van der Waals surface area contributed by atoms with E-state index in [1.807, 2.05) is 6.07 Å². The standard InChI is InChI=1S/C19H20F3N3O/c20-19(21,22)17-5-3-14(4-6-17)16-8-13(9-24-12-16)10-25-18(26)15-2-1-7-23-11-15/h3-6,8-9,12,15,23H,1-2,7,10-11H2,(H,25,26)/t15-/m0/s1. The Morgan fingerprint density at radius 1 is 1.19 bits per heavy atom. The quantitative estimate of drug-likeness (QED) is 0.876. The molecule has 2 N–H and O–H groups in total. The lowest BCUT2D eigenvalue weighted by Crippen LogP contribution is -2.40. The fraction of sp³-hybridized carbons (Fsp3) is 0.368. The van der Waals surface area contributed by atoms with Crippen molar-refractivity contribution >= 4 is 5.91 Å². The second-order valence-electron chi connectivity index (χ2n) is 6.42. The van der Waals surface area contributed by atoms with Gasteiger partial charge in [-0.05, 0) is 48.7 Å². The Balaban J connectivity index is 1.65. The van der Waals surface area contributed by atoms with Crippen molar-refractivity contribution in [3.63, 3.8) is 0 Å². The summed E-state index contributed by atoms with van der Waals surface area (Å²) in [7, 11) is 0. The zero-order valence-corrected chi connectivity index (χ0v) is 14.1. The molecule has 1 aliphatic heterocycles. The van der Waals surface area contributed by atoms with E-state index >= 15 is 0 Å². The number of aromatic nitrogens is 1. The van der Waals surface area contributed by atoms with E-state index in [4.69, 9.17) is 0 Å². The monoisotopic (exact) mass is 363 g/mol. The molecule has 1 saturated heterocycles. The minimum absolute atomic E-state index is 0.0112. The van der Waals surface area contributed by atoms with Gasteiger partial charge in [0, 0.05) is 31.0 Å². The maximum atomic E-state index is 12.7. The summed E-state index contributed by atoms with van der Waals surface area (Å²) in [4.78, 5) is 16.3. The fourth-order valence-electron chi connectivity index (χ4n) is 3.00. The molecule has 1 aromatic carbocycles. The number of alkyl halides is 3. The number of piperidine rings is 1. The number of amides is 1. The highest BCUT2D eigenvalue weighted by molar-refractivity contribution is 5.79. The van der Waals surface area contributed by atoms with Gasteiger partial charge in [-0.15, -0.1) is 0 Å². The van der Waals surface area contributed by atoms with Gasteiger partial charge in [0.15, 0.2) is 0 Å². The van der Waals surface area contributed by atoms with Crippen molar-refractivity contribution in [1.29, 1.82) is 0 Å². The van der Waals surface area contributed by atoms with Crippen molar-refractivity contribution in [2.45, 2.75) is 25.6 Å². The molecule has 26 heavy (non-hydrogen) atoms. The third-order valence-corrected chi connectivity index (χ3v) is 4.47. The third-order valence-electron chi connectivity index (χ3n) is 4.47. The van der Waals surface area contributed by atoms with Gasteiger partial charge >= 0.3 is 6.18 Å². The second kappa shape index (κ2) is 7.86. The van der Waals surface area contributed by atoms with E-state index in [0.29, 0.717) is 24.2 Å². The molecule has 0 aliphatic carbocycles. The molecule has 4 nitrogen and oxygen atoms in total. The number of hydrogen-bond acceptors (Lipinski definition) is 3. The topological polar surface area (TPSA) is 54.0 Å². The van der Waals surface area contributed by atoms with Gasteiger partial charge in [-0.2, -0.15) is 13.2 Å². The van der Waals surface area contributed by atoms with Crippen LogP contribution in [0.5, 0.6) is 0 Å². The predicted octanol–water partition coefficient (Wildman–Crippen LogP) is 3.38. The first-order valence-electron chi connectivity index (χ1n) is 8.53. The van der Waals surface area contributed by atoms with Gasteiger partial charge < -0.3 is 10.6 Å². The van der Waals surface area contributed by atoms with Gasteiger partial charge in [-0.25, -0.2) is 0 Å². The molecule has 0 unspecified atom stereocenters. The van der Waals surface area contributed by atoms with E-state index < -0.39 is 11.7 Å². The number of hydrogen-bond donors (Lipinski definition) is 2. The van der Waals surface area contributed by atoms with Crippen LogP contribution in [0, 0.1) is 5.92 Å². The highest BCUT2D eigenvalue weighted by Crippen LogP contribution is 2.31. The van der Waals surface area contributed by atoms with Gasteiger partial charge in [0.05, 0.1) is 11.5 Å². The molecule has 2 heterocycles. The maximum Gasteiger partial charge on any atom is 0.416 e. The van der Waals surface area contributed by atoms with E-state index in [-0.39, 0.29) is 11.8 Å². The van der Waals surface area contributed by atoms with Crippen molar-refractivity contribution in [2.75, 3.05) is 13.1 Å². The highest BCUT2D eigenvalue weighted by atomic mass is 19.4. The zero-order chi connectivity index (χ0) is 18.6. The van der Waals surface area contributed by atoms with Gasteiger partial charge in [-0.3, -0.25) is 9.78 Å². The van der Waals surface area contributed by atoms with Gasteiger partial charge in [0.2, 0.25) is 5.91 Å². The normalized spacial score (nSPS) is 17.7. The van der Waals surface area contributed by atoms with Crippen LogP contribution in [0.4, 0.5) is 13.2 Å².